The minimum absolute atomic E-state index is 0.145. The van der Waals surface area contributed by atoms with Crippen LogP contribution in [0.2, 0.25) is 0 Å². The maximum atomic E-state index is 12.4. The fraction of sp³-hybridized carbons (Fsp3) is 0.800. The van der Waals surface area contributed by atoms with Crippen LogP contribution in [-0.4, -0.2) is 67.1 Å². The third kappa shape index (κ3) is 7.35. The molecule has 0 aliphatic heterocycles. The molecule has 0 bridgehead atoms. The monoisotopic (exact) mass is 345 g/mol. The lowest BCUT2D eigenvalue weighted by Gasteiger charge is -2.26. The molecule has 4 atom stereocenters. The molecule has 24 heavy (non-hydrogen) atoms. The second-order valence-corrected chi connectivity index (χ2v) is 6.09. The standard InChI is InChI=1S/C15H31N5O4/c1-8(2)13(22)11(7-18-4)19-15(24)12(9(3)21)20-14(23)10(17)5-6-16/h8-12,18,21H,5-7,16-17H2,1-4H3,(H,19,24)(H,20,23)/t9?,10-,11-,12-/m0/s1. The van der Waals surface area contributed by atoms with Crippen LogP contribution in [0.25, 0.3) is 0 Å². The van der Waals surface area contributed by atoms with Gasteiger partial charge in [0.15, 0.2) is 5.78 Å². The smallest absolute Gasteiger partial charge is 0.245 e. The largest absolute Gasteiger partial charge is 0.391 e. The Balaban J connectivity index is 5.01. The second-order valence-electron chi connectivity index (χ2n) is 6.09. The Hall–Kier alpha value is -1.55. The van der Waals surface area contributed by atoms with Gasteiger partial charge in [0.1, 0.15) is 12.1 Å². The molecule has 2 amide bonds. The molecular formula is C15H31N5O4. The van der Waals surface area contributed by atoms with E-state index in [0.717, 1.165) is 0 Å². The predicted octanol–water partition coefficient (Wildman–Crippen LogP) is -2.54. The zero-order chi connectivity index (χ0) is 18.9. The molecule has 140 valence electrons. The summed E-state index contributed by atoms with van der Waals surface area (Å²) in [6.07, 6.45) is -0.891. The third-order valence-electron chi connectivity index (χ3n) is 3.51. The van der Waals surface area contributed by atoms with Gasteiger partial charge >= 0.3 is 0 Å². The fourth-order valence-corrected chi connectivity index (χ4v) is 2.07. The van der Waals surface area contributed by atoms with Crippen molar-refractivity contribution in [3.63, 3.8) is 0 Å². The summed E-state index contributed by atoms with van der Waals surface area (Å²) in [5.74, 6) is -1.64. The predicted molar refractivity (Wildman–Crippen MR) is 91.0 cm³/mol. The molecule has 0 aromatic heterocycles. The van der Waals surface area contributed by atoms with E-state index in [1.54, 1.807) is 20.9 Å². The van der Waals surface area contributed by atoms with Crippen LogP contribution in [0.15, 0.2) is 0 Å². The van der Waals surface area contributed by atoms with Gasteiger partial charge < -0.3 is 32.5 Å². The van der Waals surface area contributed by atoms with E-state index in [2.05, 4.69) is 16.0 Å². The van der Waals surface area contributed by atoms with Gasteiger partial charge in [0.05, 0.1) is 12.1 Å². The van der Waals surface area contributed by atoms with Crippen LogP contribution in [0.4, 0.5) is 0 Å². The van der Waals surface area contributed by atoms with Gasteiger partial charge in [-0.05, 0) is 26.9 Å². The van der Waals surface area contributed by atoms with Gasteiger partial charge in [0.25, 0.3) is 0 Å². The number of aliphatic hydroxyl groups excluding tert-OH is 1. The summed E-state index contributed by atoms with van der Waals surface area (Å²) in [5.41, 5.74) is 11.0. The molecule has 9 nitrogen and oxygen atoms in total. The topological polar surface area (TPSA) is 160 Å². The van der Waals surface area contributed by atoms with E-state index in [4.69, 9.17) is 11.5 Å². The van der Waals surface area contributed by atoms with Gasteiger partial charge in [-0.1, -0.05) is 13.8 Å². The van der Waals surface area contributed by atoms with E-state index in [1.165, 1.54) is 6.92 Å². The highest BCUT2D eigenvalue weighted by molar-refractivity contribution is 5.94. The van der Waals surface area contributed by atoms with E-state index in [0.29, 0.717) is 0 Å². The number of amides is 2. The fourth-order valence-electron chi connectivity index (χ4n) is 2.07. The lowest BCUT2D eigenvalue weighted by atomic mass is 10.0. The Labute approximate surface area is 142 Å². The van der Waals surface area contributed by atoms with Crippen LogP contribution in [-0.2, 0) is 14.4 Å². The van der Waals surface area contributed by atoms with Crippen LogP contribution < -0.4 is 27.4 Å². The molecule has 0 aliphatic rings. The molecule has 1 unspecified atom stereocenters. The minimum atomic E-state index is -1.21. The van der Waals surface area contributed by atoms with E-state index in [1.807, 2.05) is 0 Å². The average molecular weight is 345 g/mol. The maximum Gasteiger partial charge on any atom is 0.245 e. The SMILES string of the molecule is CNC[C@H](NC(=O)[C@@H](NC(=O)[C@@H](N)CCN)C(C)O)C(=O)C(C)C. The van der Waals surface area contributed by atoms with Crippen molar-refractivity contribution in [2.75, 3.05) is 20.1 Å². The summed E-state index contributed by atoms with van der Waals surface area (Å²) in [6.45, 7) is 5.31. The van der Waals surface area contributed by atoms with Gasteiger partial charge in [-0.25, -0.2) is 0 Å². The highest BCUT2D eigenvalue weighted by atomic mass is 16.3. The van der Waals surface area contributed by atoms with Crippen LogP contribution in [0, 0.1) is 5.92 Å². The normalized spacial score (nSPS) is 16.2. The van der Waals surface area contributed by atoms with Crippen molar-refractivity contribution in [1.29, 1.82) is 0 Å². The van der Waals surface area contributed by atoms with Crippen molar-refractivity contribution in [1.82, 2.24) is 16.0 Å². The molecule has 8 N–H and O–H groups in total. The van der Waals surface area contributed by atoms with Gasteiger partial charge in [0.2, 0.25) is 11.8 Å². The number of hydrogen-bond donors (Lipinski definition) is 6. The molecule has 9 heteroatoms. The Bertz CT molecular complexity index is 428. The van der Waals surface area contributed by atoms with Crippen molar-refractivity contribution >= 4 is 17.6 Å². The number of nitrogens with two attached hydrogens (primary N) is 2. The van der Waals surface area contributed by atoms with Crippen molar-refractivity contribution < 1.29 is 19.5 Å². The average Bonchev–Trinajstić information content (AvgIpc) is 2.50. The molecule has 0 heterocycles. The molecule has 0 aromatic rings. The van der Waals surface area contributed by atoms with E-state index < -0.39 is 36.0 Å². The van der Waals surface area contributed by atoms with Crippen LogP contribution in [0.3, 0.4) is 0 Å². The van der Waals surface area contributed by atoms with Gasteiger partial charge in [-0.2, -0.15) is 0 Å². The number of rotatable bonds is 11. The maximum absolute atomic E-state index is 12.4. The summed E-state index contributed by atoms with van der Waals surface area (Å²) in [6, 6.07) is -2.83. The molecule has 0 rings (SSSR count). The van der Waals surface area contributed by atoms with Crippen LogP contribution in [0.5, 0.6) is 0 Å². The number of carbonyl (C=O) groups excluding carboxylic acids is 3. The Kier molecular flexibility index (Phi) is 10.4. The number of nitrogens with one attached hydrogen (secondary N) is 3. The summed E-state index contributed by atoms with van der Waals surface area (Å²) in [4.78, 5) is 36.5. The highest BCUT2D eigenvalue weighted by Gasteiger charge is 2.31. The third-order valence-corrected chi connectivity index (χ3v) is 3.51. The van der Waals surface area contributed by atoms with Crippen molar-refractivity contribution in [3.05, 3.63) is 0 Å². The van der Waals surface area contributed by atoms with Crippen molar-refractivity contribution in [3.8, 4) is 0 Å². The Morgan fingerprint density at radius 1 is 1.08 bits per heavy atom. The Morgan fingerprint density at radius 2 is 1.67 bits per heavy atom. The summed E-state index contributed by atoms with van der Waals surface area (Å²) in [5, 5.41) is 17.6. The first-order valence-corrected chi connectivity index (χ1v) is 8.08. The molecule has 0 radical (unpaired) electrons. The minimum Gasteiger partial charge on any atom is -0.391 e. The molecule has 0 spiro atoms. The second kappa shape index (κ2) is 11.1. The lowest BCUT2D eigenvalue weighted by molar-refractivity contribution is -0.134. The van der Waals surface area contributed by atoms with Crippen molar-refractivity contribution in [2.45, 2.75) is 51.4 Å². The number of ketones is 1. The van der Waals surface area contributed by atoms with E-state index >= 15 is 0 Å². The summed E-state index contributed by atoms with van der Waals surface area (Å²) in [7, 11) is 1.66. The molecule has 0 aromatic carbocycles. The zero-order valence-electron chi connectivity index (χ0n) is 14.8. The van der Waals surface area contributed by atoms with Gasteiger partial charge in [-0.3, -0.25) is 14.4 Å². The first-order valence-electron chi connectivity index (χ1n) is 8.08. The zero-order valence-corrected chi connectivity index (χ0v) is 14.8. The Morgan fingerprint density at radius 3 is 2.08 bits per heavy atom. The summed E-state index contributed by atoms with van der Waals surface area (Å²) >= 11 is 0. The van der Waals surface area contributed by atoms with Crippen molar-refractivity contribution in [2.24, 2.45) is 17.4 Å². The number of hydrogen-bond acceptors (Lipinski definition) is 7. The molecular weight excluding hydrogens is 314 g/mol. The highest BCUT2D eigenvalue weighted by Crippen LogP contribution is 2.02. The molecule has 0 fully saturated rings. The molecule has 0 saturated carbocycles. The van der Waals surface area contributed by atoms with Crippen LogP contribution in [0.1, 0.15) is 27.2 Å². The van der Waals surface area contributed by atoms with E-state index in [9.17, 15) is 19.5 Å². The number of Topliss-reactive ketones (excluding diaryl/α,β-unsaturated/α-hetero) is 1. The lowest BCUT2D eigenvalue weighted by Crippen LogP contribution is -2.59. The first kappa shape index (κ1) is 22.4. The number of aliphatic hydroxyl groups is 1. The van der Waals surface area contributed by atoms with Gasteiger partial charge in [-0.15, -0.1) is 0 Å². The summed E-state index contributed by atoms with van der Waals surface area (Å²) < 4.78 is 0. The van der Waals surface area contributed by atoms with E-state index in [-0.39, 0.29) is 31.2 Å². The quantitative estimate of drug-likeness (QED) is 0.240. The van der Waals surface area contributed by atoms with Gasteiger partial charge in [0, 0.05) is 12.5 Å². The number of carbonyl (C=O) groups is 3. The molecule has 0 aliphatic carbocycles. The number of likely N-dealkylation sites (N-methyl/N-ethyl adjacent to an activating group) is 1. The first-order chi connectivity index (χ1) is 11.1. The molecule has 0 saturated heterocycles. The van der Waals surface area contributed by atoms with Crippen LogP contribution >= 0.6 is 0 Å².